The maximum atomic E-state index is 15.0. The molecule has 1 saturated heterocycles. The first kappa shape index (κ1) is 31.4. The van der Waals surface area contributed by atoms with E-state index in [0.717, 1.165) is 48.3 Å². The van der Waals surface area contributed by atoms with Crippen molar-refractivity contribution in [3.05, 3.63) is 58.6 Å². The van der Waals surface area contributed by atoms with Gasteiger partial charge in [0.15, 0.2) is 10.7 Å². The number of carboxylic acid groups (broad SMARTS) is 1. The van der Waals surface area contributed by atoms with Gasteiger partial charge in [-0.05, 0) is 25.5 Å². The van der Waals surface area contributed by atoms with Gasteiger partial charge in [0.2, 0.25) is 5.13 Å². The number of likely N-dealkylation sites (tertiary alicyclic amines) is 1. The molecule has 18 heteroatoms. The first-order chi connectivity index (χ1) is 18.6. The zero-order chi connectivity index (χ0) is 29.8. The van der Waals surface area contributed by atoms with Gasteiger partial charge >= 0.3 is 12.1 Å². The number of pyridine rings is 1. The van der Waals surface area contributed by atoms with Crippen LogP contribution in [-0.2, 0) is 21.4 Å². The summed E-state index contributed by atoms with van der Waals surface area (Å²) in [5.41, 5.74) is 1.97. The molecule has 0 spiro atoms. The zero-order valence-corrected chi connectivity index (χ0v) is 23.2. The Bertz CT molecular complexity index is 1460. The lowest BCUT2D eigenvalue weighted by Crippen LogP contribution is -2.35. The highest BCUT2D eigenvalue weighted by Gasteiger charge is 2.38. The fourth-order valence-electron chi connectivity index (χ4n) is 3.84. The number of hydrogen-bond acceptors (Lipinski definition) is 9. The van der Waals surface area contributed by atoms with Crippen LogP contribution in [0.1, 0.15) is 17.8 Å². The number of nitrogens with zero attached hydrogens (tertiary/aromatic N) is 5. The number of sulfonamides is 1. The largest absolute Gasteiger partial charge is 0.490 e. The first-order valence-corrected chi connectivity index (χ1v) is 13.9. The van der Waals surface area contributed by atoms with Crippen LogP contribution in [0, 0.1) is 18.6 Å². The molecule has 218 valence electrons. The third-order valence-corrected chi connectivity index (χ3v) is 8.14. The van der Waals surface area contributed by atoms with Crippen LogP contribution < -0.4 is 9.62 Å². The lowest BCUT2D eigenvalue weighted by molar-refractivity contribution is -0.192. The van der Waals surface area contributed by atoms with Crippen molar-refractivity contribution >= 4 is 49.9 Å². The van der Waals surface area contributed by atoms with Crippen molar-refractivity contribution in [2.24, 2.45) is 0 Å². The number of hydrogen-bond donors (Lipinski definition) is 2. The van der Waals surface area contributed by atoms with Crippen molar-refractivity contribution in [1.29, 1.82) is 0 Å². The van der Waals surface area contributed by atoms with E-state index in [1.54, 1.807) is 11.9 Å². The Morgan fingerprint density at radius 1 is 1.32 bits per heavy atom. The SMILES string of the molecule is Cc1cccc(CN2CCC(N(C)c3cc(F)c(S(=O)(=O)Nc4ncns4)c(F)c3Cl)C2)n1.O=C(O)C(F)(F)F. The van der Waals surface area contributed by atoms with E-state index in [1.807, 2.05) is 29.8 Å². The minimum Gasteiger partial charge on any atom is -0.475 e. The highest BCUT2D eigenvalue weighted by Crippen LogP contribution is 2.36. The third-order valence-electron chi connectivity index (χ3n) is 5.70. The van der Waals surface area contributed by atoms with Crippen LogP contribution in [-0.4, -0.2) is 71.1 Å². The van der Waals surface area contributed by atoms with Crippen LogP contribution in [0.4, 0.5) is 32.8 Å². The average Bonchev–Trinajstić information content (AvgIpc) is 3.52. The number of alkyl halides is 3. The Morgan fingerprint density at radius 2 is 2.00 bits per heavy atom. The second-order valence-corrected chi connectivity index (χ2v) is 11.3. The molecular weight excluding hydrogens is 607 g/mol. The molecule has 3 heterocycles. The van der Waals surface area contributed by atoms with E-state index in [2.05, 4.69) is 19.2 Å². The first-order valence-electron chi connectivity index (χ1n) is 11.2. The quantitative estimate of drug-likeness (QED) is 0.290. The smallest absolute Gasteiger partial charge is 0.475 e. The molecule has 1 aliphatic heterocycles. The molecule has 1 fully saturated rings. The fourth-order valence-corrected chi connectivity index (χ4v) is 5.98. The number of benzene rings is 1. The van der Waals surface area contributed by atoms with Gasteiger partial charge in [0.25, 0.3) is 10.0 Å². The molecule has 0 saturated carbocycles. The van der Waals surface area contributed by atoms with Crippen molar-refractivity contribution < 1.29 is 40.3 Å². The molecule has 0 aliphatic carbocycles. The van der Waals surface area contributed by atoms with Crippen LogP contribution in [0.25, 0.3) is 0 Å². The molecule has 1 unspecified atom stereocenters. The number of aliphatic carboxylic acids is 1. The minimum absolute atomic E-state index is 0.0620. The Hall–Kier alpha value is -3.15. The van der Waals surface area contributed by atoms with Crippen LogP contribution in [0.15, 0.2) is 35.5 Å². The molecule has 1 atom stereocenters. The fraction of sp³-hybridized carbons (Fsp3) is 0.364. The van der Waals surface area contributed by atoms with E-state index in [0.29, 0.717) is 13.1 Å². The number of carboxylic acids is 1. The monoisotopic (exact) mass is 628 g/mol. The maximum Gasteiger partial charge on any atom is 0.490 e. The average molecular weight is 629 g/mol. The Morgan fingerprint density at radius 3 is 2.58 bits per heavy atom. The molecule has 3 aromatic rings. The number of anilines is 2. The van der Waals surface area contributed by atoms with Gasteiger partial charge < -0.3 is 10.0 Å². The van der Waals surface area contributed by atoms with E-state index in [9.17, 15) is 26.0 Å². The molecule has 0 amide bonds. The van der Waals surface area contributed by atoms with E-state index in [-0.39, 0.29) is 16.9 Å². The van der Waals surface area contributed by atoms with Crippen LogP contribution in [0.5, 0.6) is 0 Å². The maximum absolute atomic E-state index is 15.0. The summed E-state index contributed by atoms with van der Waals surface area (Å²) < 4.78 is 92.4. The highest BCUT2D eigenvalue weighted by atomic mass is 35.5. The zero-order valence-electron chi connectivity index (χ0n) is 20.8. The number of rotatable bonds is 7. The number of carbonyl (C=O) groups is 1. The lowest BCUT2D eigenvalue weighted by Gasteiger charge is -2.28. The molecule has 1 aromatic carbocycles. The van der Waals surface area contributed by atoms with Crippen LogP contribution >= 0.6 is 23.1 Å². The van der Waals surface area contributed by atoms with Crippen molar-refractivity contribution in [3.8, 4) is 0 Å². The van der Waals surface area contributed by atoms with Gasteiger partial charge in [0.1, 0.15) is 17.2 Å². The summed E-state index contributed by atoms with van der Waals surface area (Å²) in [7, 11) is -2.90. The lowest BCUT2D eigenvalue weighted by atomic mass is 10.2. The predicted molar refractivity (Wildman–Crippen MR) is 137 cm³/mol. The number of nitrogens with one attached hydrogen (secondary N) is 1. The van der Waals surface area contributed by atoms with Gasteiger partial charge in [0, 0.05) is 56.0 Å². The van der Waals surface area contributed by atoms with Gasteiger partial charge in [-0.25, -0.2) is 27.0 Å². The number of aryl methyl sites for hydroxylation is 1. The van der Waals surface area contributed by atoms with Crippen molar-refractivity contribution in [2.45, 2.75) is 37.0 Å². The van der Waals surface area contributed by atoms with Crippen molar-refractivity contribution in [2.75, 3.05) is 29.8 Å². The minimum atomic E-state index is -5.08. The number of halogens is 6. The second-order valence-electron chi connectivity index (χ2n) is 8.55. The third kappa shape index (κ3) is 7.74. The van der Waals surface area contributed by atoms with E-state index in [1.165, 1.54) is 0 Å². The Kier molecular flexibility index (Phi) is 9.86. The van der Waals surface area contributed by atoms with Gasteiger partial charge in [-0.1, -0.05) is 17.7 Å². The van der Waals surface area contributed by atoms with Gasteiger partial charge in [-0.15, -0.1) is 0 Å². The summed E-state index contributed by atoms with van der Waals surface area (Å²) in [5.74, 6) is -5.35. The van der Waals surface area contributed by atoms with Crippen LogP contribution in [0.3, 0.4) is 0 Å². The molecule has 0 radical (unpaired) electrons. The van der Waals surface area contributed by atoms with Crippen molar-refractivity contribution in [1.82, 2.24) is 19.2 Å². The molecule has 1 aliphatic rings. The molecule has 4 rings (SSSR count). The molecule has 2 N–H and O–H groups in total. The molecule has 40 heavy (non-hydrogen) atoms. The highest BCUT2D eigenvalue weighted by molar-refractivity contribution is 7.93. The van der Waals surface area contributed by atoms with Crippen LogP contribution in [0.2, 0.25) is 5.02 Å². The summed E-state index contributed by atoms with van der Waals surface area (Å²) in [6.07, 6.45) is -3.21. The number of likely N-dealkylation sites (N-methyl/N-ethyl adjacent to an activating group) is 1. The van der Waals surface area contributed by atoms with Gasteiger partial charge in [-0.2, -0.15) is 17.5 Å². The predicted octanol–water partition coefficient (Wildman–Crippen LogP) is 4.32. The summed E-state index contributed by atoms with van der Waals surface area (Å²) in [5, 5.41) is 6.55. The molecule has 10 nitrogen and oxygen atoms in total. The normalized spacial score (nSPS) is 15.8. The summed E-state index contributed by atoms with van der Waals surface area (Å²) in [6.45, 7) is 4.02. The Balaban J connectivity index is 0.000000559. The molecule has 2 aromatic heterocycles. The molecule has 0 bridgehead atoms. The topological polar surface area (TPSA) is 129 Å². The molecular formula is C22H22ClF5N6O4S2. The van der Waals surface area contributed by atoms with E-state index >= 15 is 4.39 Å². The van der Waals surface area contributed by atoms with Gasteiger partial charge in [-0.3, -0.25) is 14.6 Å². The summed E-state index contributed by atoms with van der Waals surface area (Å²) in [4.78, 5) is 19.8. The summed E-state index contributed by atoms with van der Waals surface area (Å²) in [6, 6.07) is 6.74. The van der Waals surface area contributed by atoms with E-state index in [4.69, 9.17) is 21.5 Å². The van der Waals surface area contributed by atoms with Gasteiger partial charge in [0.05, 0.1) is 11.4 Å². The Labute approximate surface area is 234 Å². The standard InChI is InChI=1S/C20H21ClF2N6O2S2.C2HF3O2/c1-12-4-3-5-13(26-12)9-29-7-6-14(10-29)28(2)16-8-15(22)19(18(23)17(16)21)33(30,31)27-20-24-11-25-32-20;3-2(4,5)1(6)7/h3-5,8,11,14H,6-7,9-10H2,1-2H3,(H,24,25,27);(H,6,7). The van der Waals surface area contributed by atoms with Crippen molar-refractivity contribution in [3.63, 3.8) is 0 Å². The summed E-state index contributed by atoms with van der Waals surface area (Å²) >= 11 is 6.93. The van der Waals surface area contributed by atoms with E-state index < -0.39 is 43.7 Å². The number of aromatic nitrogens is 3. The second kappa shape index (κ2) is 12.6.